The summed E-state index contributed by atoms with van der Waals surface area (Å²) in [6.45, 7) is 5.47. The number of benzene rings is 1. The third-order valence-electron chi connectivity index (χ3n) is 6.68. The zero-order valence-corrected chi connectivity index (χ0v) is 22.8. The molecule has 0 aliphatic carbocycles. The van der Waals surface area contributed by atoms with Crippen molar-refractivity contribution in [2.24, 2.45) is 0 Å². The number of piperazine rings is 1. The summed E-state index contributed by atoms with van der Waals surface area (Å²) in [6, 6.07) is 3.91. The van der Waals surface area contributed by atoms with Crippen LogP contribution in [0.5, 0.6) is 0 Å². The third kappa shape index (κ3) is 7.81. The zero-order chi connectivity index (χ0) is 29.6. The topological polar surface area (TPSA) is 129 Å². The molecule has 3 rings (SSSR count). The molecule has 1 saturated heterocycles. The molecular weight excluding hydrogens is 531 g/mol. The second-order valence-electron chi connectivity index (χ2n) is 9.81. The Morgan fingerprint density at radius 3 is 2.52 bits per heavy atom. The number of nitrogens with one attached hydrogen (secondary N) is 3. The maximum atomic E-state index is 14.9. The fourth-order valence-corrected chi connectivity index (χ4v) is 4.20. The van der Waals surface area contributed by atoms with Gasteiger partial charge in [-0.1, -0.05) is 6.07 Å². The first-order valence-corrected chi connectivity index (χ1v) is 12.9. The summed E-state index contributed by atoms with van der Waals surface area (Å²) in [5, 5.41) is 10.9. The van der Waals surface area contributed by atoms with Gasteiger partial charge in [0.05, 0.1) is 12.2 Å². The maximum Gasteiger partial charge on any atom is 0.321 e. The third-order valence-corrected chi connectivity index (χ3v) is 6.68. The molecule has 3 N–H and O–H groups in total. The Labute approximate surface area is 230 Å². The van der Waals surface area contributed by atoms with Crippen LogP contribution < -0.4 is 16.0 Å². The molecule has 1 aromatic carbocycles. The number of amides is 4. The number of halogens is 3. The summed E-state index contributed by atoms with van der Waals surface area (Å²) in [5.74, 6) is -7.91. The van der Waals surface area contributed by atoms with E-state index in [1.54, 1.807) is 6.92 Å². The Morgan fingerprint density at radius 1 is 1.18 bits per heavy atom. The van der Waals surface area contributed by atoms with Crippen LogP contribution in [0.4, 0.5) is 18.9 Å². The summed E-state index contributed by atoms with van der Waals surface area (Å²) in [6.07, 6.45) is 1.21. The number of nitrogens with zero attached hydrogens (tertiary/aromatic N) is 4. The summed E-state index contributed by atoms with van der Waals surface area (Å²) in [4.78, 5) is 53.4. The van der Waals surface area contributed by atoms with Gasteiger partial charge in [-0.15, -0.1) is 0 Å². The minimum Gasteiger partial charge on any atom is -0.342 e. The molecule has 14 heteroatoms. The molecule has 2 atom stereocenters. The van der Waals surface area contributed by atoms with Crippen LogP contribution in [0.3, 0.4) is 0 Å². The van der Waals surface area contributed by atoms with E-state index >= 15 is 0 Å². The summed E-state index contributed by atoms with van der Waals surface area (Å²) in [7, 11) is 1.91. The lowest BCUT2D eigenvalue weighted by atomic mass is 10.0. The second-order valence-corrected chi connectivity index (χ2v) is 9.81. The average Bonchev–Trinajstić information content (AvgIpc) is 3.38. The molecule has 40 heavy (non-hydrogen) atoms. The van der Waals surface area contributed by atoms with Crippen LogP contribution in [0.1, 0.15) is 36.8 Å². The van der Waals surface area contributed by atoms with Crippen LogP contribution in [0, 0.1) is 5.82 Å². The van der Waals surface area contributed by atoms with Gasteiger partial charge in [0.25, 0.3) is 11.8 Å². The van der Waals surface area contributed by atoms with Gasteiger partial charge in [-0.25, -0.2) is 4.39 Å². The number of aryl methyl sites for hydroxylation is 1. The fraction of sp³-hybridized carbons (Fsp3) is 0.500. The van der Waals surface area contributed by atoms with E-state index in [1.807, 2.05) is 18.9 Å². The summed E-state index contributed by atoms with van der Waals surface area (Å²) in [5.41, 5.74) is 0.340. The Balaban J connectivity index is 1.66. The standard InChI is InChI=1S/C26H34F3N7O4/c1-5-36-21(8-9-31-36)23(38)30-14-22(37)32-19-7-6-17(12-18(19)27)13-20(33-25(40)26(3,28)29)24(39)35-11-10-34(4)16(2)15-35/h6-9,12,16,20H,5,10-11,13-15H2,1-4H3,(H,30,38)(H,32,37)(H,33,40). The van der Waals surface area contributed by atoms with E-state index in [0.717, 1.165) is 6.07 Å². The predicted molar refractivity (Wildman–Crippen MR) is 140 cm³/mol. The molecule has 1 aliphatic heterocycles. The van der Waals surface area contributed by atoms with E-state index in [-0.39, 0.29) is 29.4 Å². The van der Waals surface area contributed by atoms with E-state index in [4.69, 9.17) is 0 Å². The lowest BCUT2D eigenvalue weighted by Gasteiger charge is -2.39. The van der Waals surface area contributed by atoms with Crippen molar-refractivity contribution in [3.63, 3.8) is 0 Å². The molecule has 1 fully saturated rings. The van der Waals surface area contributed by atoms with Crippen molar-refractivity contribution in [1.29, 1.82) is 0 Å². The fourth-order valence-electron chi connectivity index (χ4n) is 4.20. The number of hydrogen-bond donors (Lipinski definition) is 3. The molecule has 0 bridgehead atoms. The van der Waals surface area contributed by atoms with E-state index in [0.29, 0.717) is 33.1 Å². The first kappa shape index (κ1) is 30.6. The number of hydrogen-bond acceptors (Lipinski definition) is 6. The highest BCUT2D eigenvalue weighted by Crippen LogP contribution is 2.19. The van der Waals surface area contributed by atoms with Crippen LogP contribution in [0.15, 0.2) is 30.5 Å². The van der Waals surface area contributed by atoms with E-state index in [2.05, 4.69) is 21.0 Å². The number of carbonyl (C=O) groups excluding carboxylic acids is 4. The van der Waals surface area contributed by atoms with E-state index < -0.39 is 48.0 Å². The van der Waals surface area contributed by atoms with Gasteiger partial charge < -0.3 is 25.8 Å². The van der Waals surface area contributed by atoms with Crippen molar-refractivity contribution in [1.82, 2.24) is 30.2 Å². The van der Waals surface area contributed by atoms with Crippen LogP contribution in [-0.4, -0.2) is 94.4 Å². The first-order valence-electron chi connectivity index (χ1n) is 12.9. The van der Waals surface area contributed by atoms with Crippen molar-refractivity contribution in [2.45, 2.75) is 51.7 Å². The molecule has 0 spiro atoms. The summed E-state index contributed by atoms with van der Waals surface area (Å²) >= 11 is 0. The quantitative estimate of drug-likeness (QED) is 0.398. The number of rotatable bonds is 10. The zero-order valence-electron chi connectivity index (χ0n) is 22.8. The average molecular weight is 566 g/mol. The highest BCUT2D eigenvalue weighted by molar-refractivity contribution is 5.98. The lowest BCUT2D eigenvalue weighted by Crippen LogP contribution is -2.58. The minimum absolute atomic E-state index is 0.0283. The van der Waals surface area contributed by atoms with Gasteiger partial charge in [0, 0.05) is 51.8 Å². The molecule has 2 unspecified atom stereocenters. The smallest absolute Gasteiger partial charge is 0.321 e. The number of alkyl halides is 2. The molecule has 1 aliphatic rings. The Morgan fingerprint density at radius 2 is 1.90 bits per heavy atom. The predicted octanol–water partition coefficient (Wildman–Crippen LogP) is 1.26. The first-order chi connectivity index (χ1) is 18.8. The van der Waals surface area contributed by atoms with Gasteiger partial charge in [-0.3, -0.25) is 23.9 Å². The molecule has 0 radical (unpaired) electrons. The SMILES string of the molecule is CCn1nccc1C(=O)NCC(=O)Nc1ccc(CC(NC(=O)C(C)(F)F)C(=O)N2CCN(C)C(C)C2)cc1F. The van der Waals surface area contributed by atoms with Crippen molar-refractivity contribution in [3.05, 3.63) is 47.5 Å². The molecule has 4 amide bonds. The van der Waals surface area contributed by atoms with Crippen molar-refractivity contribution in [2.75, 3.05) is 38.5 Å². The van der Waals surface area contributed by atoms with Crippen LogP contribution in [0.25, 0.3) is 0 Å². The Hall–Kier alpha value is -3.94. The Kier molecular flexibility index (Phi) is 9.90. The summed E-state index contributed by atoms with van der Waals surface area (Å²) < 4.78 is 43.6. The Bertz CT molecular complexity index is 1250. The van der Waals surface area contributed by atoms with Crippen LogP contribution >= 0.6 is 0 Å². The highest BCUT2D eigenvalue weighted by atomic mass is 19.3. The van der Waals surface area contributed by atoms with Gasteiger partial charge in [0.2, 0.25) is 11.8 Å². The number of likely N-dealkylation sites (N-methyl/N-ethyl adjacent to an activating group) is 1. The van der Waals surface area contributed by atoms with Crippen LogP contribution in [-0.2, 0) is 27.3 Å². The number of aromatic nitrogens is 2. The van der Waals surface area contributed by atoms with Gasteiger partial charge in [0.1, 0.15) is 17.6 Å². The second kappa shape index (κ2) is 12.9. The largest absolute Gasteiger partial charge is 0.342 e. The van der Waals surface area contributed by atoms with E-state index in [9.17, 15) is 32.3 Å². The van der Waals surface area contributed by atoms with Gasteiger partial charge in [-0.2, -0.15) is 13.9 Å². The van der Waals surface area contributed by atoms with Gasteiger partial charge >= 0.3 is 5.92 Å². The van der Waals surface area contributed by atoms with Crippen molar-refractivity contribution >= 4 is 29.3 Å². The van der Waals surface area contributed by atoms with Crippen molar-refractivity contribution < 1.29 is 32.3 Å². The normalized spacial score (nSPS) is 16.8. The van der Waals surface area contributed by atoms with Gasteiger partial charge in [-0.05, 0) is 44.7 Å². The van der Waals surface area contributed by atoms with Crippen LogP contribution in [0.2, 0.25) is 0 Å². The molecule has 2 heterocycles. The maximum absolute atomic E-state index is 14.9. The van der Waals surface area contributed by atoms with E-state index in [1.165, 1.54) is 34.0 Å². The highest BCUT2D eigenvalue weighted by Gasteiger charge is 2.37. The van der Waals surface area contributed by atoms with Crippen molar-refractivity contribution in [3.8, 4) is 0 Å². The number of carbonyl (C=O) groups is 4. The molecule has 11 nitrogen and oxygen atoms in total. The number of anilines is 1. The minimum atomic E-state index is -3.71. The molecule has 218 valence electrons. The monoisotopic (exact) mass is 565 g/mol. The molecule has 2 aromatic rings. The van der Waals surface area contributed by atoms with Gasteiger partial charge in [0.15, 0.2) is 0 Å². The molecular formula is C26H34F3N7O4. The molecule has 0 saturated carbocycles. The lowest BCUT2D eigenvalue weighted by molar-refractivity contribution is -0.148. The molecule has 1 aromatic heterocycles.